The summed E-state index contributed by atoms with van der Waals surface area (Å²) in [4.78, 5) is 14.8. The lowest BCUT2D eigenvalue weighted by molar-refractivity contribution is 0.0654. The first-order chi connectivity index (χ1) is 16.2. The third kappa shape index (κ3) is 5.98. The van der Waals surface area contributed by atoms with Crippen molar-refractivity contribution in [3.63, 3.8) is 0 Å². The highest BCUT2D eigenvalue weighted by Gasteiger charge is 2.25. The SMILES string of the molecule is CCCc1ccc(OCc2ccc(C(=O)N3CCC(Cc4ccccc4)CC3)o2)c(OC)c1. The number of furan rings is 1. The molecule has 4 rings (SSSR count). The fraction of sp³-hybridized carbons (Fsp3) is 0.393. The lowest BCUT2D eigenvalue weighted by Gasteiger charge is -2.31. The van der Waals surface area contributed by atoms with E-state index in [0.717, 1.165) is 45.2 Å². The van der Waals surface area contributed by atoms with Gasteiger partial charge in [-0.25, -0.2) is 0 Å². The van der Waals surface area contributed by atoms with Gasteiger partial charge < -0.3 is 18.8 Å². The number of rotatable bonds is 9. The summed E-state index contributed by atoms with van der Waals surface area (Å²) in [6.07, 6.45) is 5.20. The van der Waals surface area contributed by atoms with E-state index in [1.807, 2.05) is 29.2 Å². The maximum absolute atomic E-state index is 12.9. The molecule has 3 aromatic rings. The maximum atomic E-state index is 12.9. The van der Waals surface area contributed by atoms with Crippen LogP contribution in [0.2, 0.25) is 0 Å². The van der Waals surface area contributed by atoms with Crippen LogP contribution in [0.15, 0.2) is 65.1 Å². The van der Waals surface area contributed by atoms with Crippen molar-refractivity contribution in [2.45, 2.75) is 45.6 Å². The molecule has 1 aliphatic rings. The Kier molecular flexibility index (Phi) is 7.71. The predicted octanol–water partition coefficient (Wildman–Crippen LogP) is 5.91. The monoisotopic (exact) mass is 447 g/mol. The first-order valence-corrected chi connectivity index (χ1v) is 11.9. The number of amides is 1. The molecule has 0 spiro atoms. The Morgan fingerprint density at radius 2 is 1.79 bits per heavy atom. The summed E-state index contributed by atoms with van der Waals surface area (Å²) in [7, 11) is 1.64. The van der Waals surface area contributed by atoms with E-state index in [4.69, 9.17) is 13.9 Å². The van der Waals surface area contributed by atoms with Crippen molar-refractivity contribution < 1.29 is 18.7 Å². The lowest BCUT2D eigenvalue weighted by Crippen LogP contribution is -2.38. The van der Waals surface area contributed by atoms with Gasteiger partial charge in [-0.15, -0.1) is 0 Å². The van der Waals surface area contributed by atoms with E-state index in [1.165, 1.54) is 11.1 Å². The number of hydrogen-bond acceptors (Lipinski definition) is 4. The number of benzene rings is 2. The lowest BCUT2D eigenvalue weighted by atomic mass is 9.90. The van der Waals surface area contributed by atoms with Crippen molar-refractivity contribution >= 4 is 5.91 Å². The Morgan fingerprint density at radius 1 is 1.00 bits per heavy atom. The van der Waals surface area contributed by atoms with E-state index < -0.39 is 0 Å². The van der Waals surface area contributed by atoms with Crippen molar-refractivity contribution in [1.82, 2.24) is 4.90 Å². The van der Waals surface area contributed by atoms with E-state index in [0.29, 0.717) is 28.9 Å². The summed E-state index contributed by atoms with van der Waals surface area (Å²) in [6, 6.07) is 20.1. The largest absolute Gasteiger partial charge is 0.493 e. The second kappa shape index (κ2) is 11.1. The van der Waals surface area contributed by atoms with Crippen LogP contribution in [0.25, 0.3) is 0 Å². The molecule has 0 N–H and O–H groups in total. The molecule has 0 saturated carbocycles. The number of ether oxygens (including phenoxy) is 2. The summed E-state index contributed by atoms with van der Waals surface area (Å²) in [6.45, 7) is 3.93. The van der Waals surface area contributed by atoms with Gasteiger partial charge in [0.25, 0.3) is 5.91 Å². The second-order valence-electron chi connectivity index (χ2n) is 8.72. The van der Waals surface area contributed by atoms with E-state index in [2.05, 4.69) is 37.3 Å². The summed E-state index contributed by atoms with van der Waals surface area (Å²) in [5.74, 6) is 2.96. The average Bonchev–Trinajstić information content (AvgIpc) is 3.33. The summed E-state index contributed by atoms with van der Waals surface area (Å²) in [5, 5.41) is 0. The number of carbonyl (C=O) groups is 1. The molecule has 5 heteroatoms. The average molecular weight is 448 g/mol. The van der Waals surface area contributed by atoms with Crippen molar-refractivity contribution in [2.24, 2.45) is 5.92 Å². The molecule has 1 aliphatic heterocycles. The highest BCUT2D eigenvalue weighted by Crippen LogP contribution is 2.30. The molecule has 0 bridgehead atoms. The smallest absolute Gasteiger partial charge is 0.289 e. The van der Waals surface area contributed by atoms with Crippen molar-refractivity contribution in [3.8, 4) is 11.5 Å². The highest BCUT2D eigenvalue weighted by atomic mass is 16.5. The molecular weight excluding hydrogens is 414 g/mol. The molecule has 1 saturated heterocycles. The molecule has 174 valence electrons. The van der Waals surface area contributed by atoms with Gasteiger partial charge in [0.1, 0.15) is 12.4 Å². The molecule has 0 unspecified atom stereocenters. The van der Waals surface area contributed by atoms with Crippen LogP contribution < -0.4 is 9.47 Å². The molecule has 1 fully saturated rings. The third-order valence-electron chi connectivity index (χ3n) is 6.28. The molecule has 0 aliphatic carbocycles. The molecule has 1 aromatic heterocycles. The maximum Gasteiger partial charge on any atom is 0.289 e. The van der Waals surface area contributed by atoms with Gasteiger partial charge in [0, 0.05) is 13.1 Å². The van der Waals surface area contributed by atoms with Gasteiger partial charge in [-0.1, -0.05) is 49.7 Å². The Bertz CT molecular complexity index is 1040. The van der Waals surface area contributed by atoms with Gasteiger partial charge in [0.05, 0.1) is 7.11 Å². The Labute approximate surface area is 196 Å². The van der Waals surface area contributed by atoms with Gasteiger partial charge in [-0.3, -0.25) is 4.79 Å². The van der Waals surface area contributed by atoms with Crippen LogP contribution in [0.5, 0.6) is 11.5 Å². The van der Waals surface area contributed by atoms with E-state index in [-0.39, 0.29) is 12.5 Å². The molecule has 1 amide bonds. The molecule has 0 radical (unpaired) electrons. The Balaban J connectivity index is 1.29. The van der Waals surface area contributed by atoms with Crippen LogP contribution in [0, 0.1) is 5.92 Å². The topological polar surface area (TPSA) is 51.9 Å². The fourth-order valence-electron chi connectivity index (χ4n) is 4.44. The van der Waals surface area contributed by atoms with Gasteiger partial charge in [0.15, 0.2) is 17.3 Å². The highest BCUT2D eigenvalue weighted by molar-refractivity contribution is 5.91. The van der Waals surface area contributed by atoms with Crippen LogP contribution in [0.1, 0.15) is 53.6 Å². The minimum absolute atomic E-state index is 0.0408. The van der Waals surface area contributed by atoms with Crippen LogP contribution in [0.4, 0.5) is 0 Å². The second-order valence-corrected chi connectivity index (χ2v) is 8.72. The van der Waals surface area contributed by atoms with Gasteiger partial charge in [0.2, 0.25) is 0 Å². The minimum Gasteiger partial charge on any atom is -0.493 e. The molecule has 2 heterocycles. The number of nitrogens with zero attached hydrogens (tertiary/aromatic N) is 1. The van der Waals surface area contributed by atoms with Gasteiger partial charge in [-0.2, -0.15) is 0 Å². The van der Waals surface area contributed by atoms with Gasteiger partial charge in [-0.05, 0) is 67.0 Å². The van der Waals surface area contributed by atoms with Crippen molar-refractivity contribution in [1.29, 1.82) is 0 Å². The molecule has 2 aromatic carbocycles. The van der Waals surface area contributed by atoms with Crippen molar-refractivity contribution in [2.75, 3.05) is 20.2 Å². The zero-order valence-electron chi connectivity index (χ0n) is 19.6. The quantitative estimate of drug-likeness (QED) is 0.409. The standard InChI is InChI=1S/C28H33NO4/c1-3-7-21-10-12-25(27(19-21)31-2)32-20-24-11-13-26(33-24)28(30)29-16-14-23(15-17-29)18-22-8-5-4-6-9-22/h4-6,8-13,19,23H,3,7,14-18,20H2,1-2H3. The number of carbonyl (C=O) groups excluding carboxylic acids is 1. The van der Waals surface area contributed by atoms with Crippen molar-refractivity contribution in [3.05, 3.63) is 83.3 Å². The predicted molar refractivity (Wildman–Crippen MR) is 129 cm³/mol. The van der Waals surface area contributed by atoms with Crippen LogP contribution in [-0.2, 0) is 19.4 Å². The number of methoxy groups -OCH3 is 1. The number of aryl methyl sites for hydroxylation is 1. The zero-order valence-corrected chi connectivity index (χ0v) is 19.6. The summed E-state index contributed by atoms with van der Waals surface area (Å²) >= 11 is 0. The molecule has 33 heavy (non-hydrogen) atoms. The number of hydrogen-bond donors (Lipinski definition) is 0. The number of likely N-dealkylation sites (tertiary alicyclic amines) is 1. The van der Waals surface area contributed by atoms with Crippen LogP contribution in [-0.4, -0.2) is 31.0 Å². The molecule has 5 nitrogen and oxygen atoms in total. The van der Waals surface area contributed by atoms with E-state index in [9.17, 15) is 4.79 Å². The van der Waals surface area contributed by atoms with E-state index in [1.54, 1.807) is 13.2 Å². The molecule has 0 atom stereocenters. The van der Waals surface area contributed by atoms with Crippen LogP contribution >= 0.6 is 0 Å². The molecular formula is C28H33NO4. The first-order valence-electron chi connectivity index (χ1n) is 11.9. The summed E-state index contributed by atoms with van der Waals surface area (Å²) in [5.41, 5.74) is 2.59. The normalized spacial score (nSPS) is 14.3. The third-order valence-corrected chi connectivity index (χ3v) is 6.28. The fourth-order valence-corrected chi connectivity index (χ4v) is 4.44. The first kappa shape index (κ1) is 23.0. The van der Waals surface area contributed by atoms with Gasteiger partial charge >= 0.3 is 0 Å². The minimum atomic E-state index is -0.0408. The van der Waals surface area contributed by atoms with E-state index >= 15 is 0 Å². The number of piperidine rings is 1. The van der Waals surface area contributed by atoms with Crippen LogP contribution in [0.3, 0.4) is 0 Å². The zero-order chi connectivity index (χ0) is 23.0. The Hall–Kier alpha value is -3.21. The Morgan fingerprint density at radius 3 is 2.52 bits per heavy atom. The summed E-state index contributed by atoms with van der Waals surface area (Å²) < 4.78 is 17.2.